The van der Waals surface area contributed by atoms with Gasteiger partial charge in [-0.25, -0.2) is 4.90 Å². The number of imide groups is 1. The molecule has 2 atom stereocenters. The third kappa shape index (κ3) is 3.53. The van der Waals surface area contributed by atoms with Crippen molar-refractivity contribution in [3.63, 3.8) is 0 Å². The number of hydrogen-bond acceptors (Lipinski definition) is 5. The zero-order valence-corrected chi connectivity index (χ0v) is 19.0. The third-order valence-corrected chi connectivity index (χ3v) is 7.80. The molecule has 2 aliphatic heterocycles. The molecule has 3 fully saturated rings. The van der Waals surface area contributed by atoms with Crippen molar-refractivity contribution in [1.29, 1.82) is 0 Å². The second kappa shape index (κ2) is 7.62. The fourth-order valence-electron chi connectivity index (χ4n) is 5.22. The Morgan fingerprint density at radius 1 is 1.16 bits per heavy atom. The van der Waals surface area contributed by atoms with E-state index in [9.17, 15) is 14.4 Å². The lowest BCUT2D eigenvalue weighted by atomic mass is 10.0. The Kier molecular flexibility index (Phi) is 5.36. The van der Waals surface area contributed by atoms with E-state index in [0.717, 1.165) is 12.8 Å². The summed E-state index contributed by atoms with van der Waals surface area (Å²) >= 11 is 0. The predicted octanol–water partition coefficient (Wildman–Crippen LogP) is 3.02. The van der Waals surface area contributed by atoms with Crippen LogP contribution in [0, 0.1) is 16.7 Å². The smallest absolute Gasteiger partial charge is 0.257 e. The molecule has 1 saturated carbocycles. The van der Waals surface area contributed by atoms with Crippen LogP contribution < -0.4 is 9.64 Å². The summed E-state index contributed by atoms with van der Waals surface area (Å²) in [5.74, 6) is -0.224. The normalized spacial score (nSPS) is 26.9. The molecule has 0 radical (unpaired) electrons. The number of benzene rings is 1. The maximum Gasteiger partial charge on any atom is 0.257 e. The van der Waals surface area contributed by atoms with Crippen LogP contribution >= 0.6 is 0 Å². The molecule has 2 unspecified atom stereocenters. The number of methoxy groups -OCH3 is 1. The number of carbonyl (C=O) groups is 3. The summed E-state index contributed by atoms with van der Waals surface area (Å²) in [7, 11) is 1.56. The minimum absolute atomic E-state index is 0.00308. The lowest BCUT2D eigenvalue weighted by Gasteiger charge is -2.30. The van der Waals surface area contributed by atoms with Crippen molar-refractivity contribution >= 4 is 23.4 Å². The number of amides is 3. The van der Waals surface area contributed by atoms with Crippen LogP contribution in [0.15, 0.2) is 24.3 Å². The van der Waals surface area contributed by atoms with Crippen LogP contribution in [0.25, 0.3) is 0 Å². The highest BCUT2D eigenvalue weighted by atomic mass is 16.5. The molecule has 168 valence electrons. The van der Waals surface area contributed by atoms with Crippen LogP contribution in [-0.2, 0) is 19.1 Å². The van der Waals surface area contributed by atoms with E-state index in [4.69, 9.17) is 9.47 Å². The van der Waals surface area contributed by atoms with Crippen molar-refractivity contribution < 1.29 is 23.9 Å². The highest BCUT2D eigenvalue weighted by Gasteiger charge is 2.69. The van der Waals surface area contributed by atoms with Gasteiger partial charge in [0.25, 0.3) is 5.91 Å². The monoisotopic (exact) mass is 428 g/mol. The molecular weight excluding hydrogens is 396 g/mol. The number of ether oxygens (including phenoxy) is 2. The summed E-state index contributed by atoms with van der Waals surface area (Å²) in [6.45, 7) is 9.37. The molecular formula is C24H32N2O5. The van der Waals surface area contributed by atoms with Crippen LogP contribution in [0.2, 0.25) is 0 Å². The maximum absolute atomic E-state index is 13.7. The summed E-state index contributed by atoms with van der Waals surface area (Å²) in [6.07, 6.45) is 1.71. The van der Waals surface area contributed by atoms with Crippen molar-refractivity contribution in [1.82, 2.24) is 4.90 Å². The zero-order chi connectivity index (χ0) is 22.6. The summed E-state index contributed by atoms with van der Waals surface area (Å²) < 4.78 is 10.9. The highest BCUT2D eigenvalue weighted by Crippen LogP contribution is 2.69. The number of anilines is 1. The molecule has 2 saturated heterocycles. The molecule has 2 heterocycles. The Morgan fingerprint density at radius 2 is 1.81 bits per heavy atom. The fraction of sp³-hybridized carbons (Fsp3) is 0.625. The van der Waals surface area contributed by atoms with Crippen LogP contribution in [0.4, 0.5) is 5.69 Å². The lowest BCUT2D eigenvalue weighted by molar-refractivity contribution is -0.142. The van der Waals surface area contributed by atoms with Gasteiger partial charge in [-0.2, -0.15) is 0 Å². The van der Waals surface area contributed by atoms with Gasteiger partial charge in [0.05, 0.1) is 25.3 Å². The van der Waals surface area contributed by atoms with Crippen molar-refractivity contribution in [3.8, 4) is 5.75 Å². The molecule has 4 rings (SSSR count). The van der Waals surface area contributed by atoms with Gasteiger partial charge in [0, 0.05) is 19.1 Å². The average molecular weight is 429 g/mol. The molecule has 3 amide bonds. The molecule has 1 aliphatic carbocycles. The van der Waals surface area contributed by atoms with Gasteiger partial charge in [-0.05, 0) is 47.9 Å². The zero-order valence-electron chi connectivity index (χ0n) is 19.0. The first kappa shape index (κ1) is 21.8. The largest absolute Gasteiger partial charge is 0.497 e. The molecule has 1 aromatic carbocycles. The molecule has 7 heteroatoms. The third-order valence-electron chi connectivity index (χ3n) is 7.80. The molecule has 7 nitrogen and oxygen atoms in total. The minimum atomic E-state index is -0.793. The first-order valence-electron chi connectivity index (χ1n) is 11.0. The van der Waals surface area contributed by atoms with Gasteiger partial charge in [-0.15, -0.1) is 0 Å². The van der Waals surface area contributed by atoms with Crippen molar-refractivity contribution in [2.45, 2.75) is 59.1 Å². The van der Waals surface area contributed by atoms with Crippen molar-refractivity contribution in [2.24, 2.45) is 16.7 Å². The molecule has 31 heavy (non-hydrogen) atoms. The summed E-state index contributed by atoms with van der Waals surface area (Å²) in [4.78, 5) is 42.8. The molecule has 0 bridgehead atoms. The molecule has 0 N–H and O–H groups in total. The van der Waals surface area contributed by atoms with E-state index in [1.54, 1.807) is 36.3 Å². The van der Waals surface area contributed by atoms with Crippen LogP contribution in [-0.4, -0.2) is 55.0 Å². The SMILES string of the molecule is COc1ccc(N2C(=O)CC(N(CC3CCCO3)C(=O)C3C(C)(C)C3(C)C)C2=O)cc1. The molecule has 1 aromatic rings. The molecule has 3 aliphatic rings. The molecule has 0 aromatic heterocycles. The Morgan fingerprint density at radius 3 is 2.32 bits per heavy atom. The Bertz CT molecular complexity index is 872. The van der Waals surface area contributed by atoms with Gasteiger partial charge in [-0.1, -0.05) is 27.7 Å². The number of nitrogens with zero attached hydrogens (tertiary/aromatic N) is 2. The number of hydrogen-bond donors (Lipinski definition) is 0. The first-order valence-corrected chi connectivity index (χ1v) is 11.0. The van der Waals surface area contributed by atoms with E-state index in [2.05, 4.69) is 27.7 Å². The number of rotatable bonds is 6. The van der Waals surface area contributed by atoms with Gasteiger partial charge in [-0.3, -0.25) is 14.4 Å². The Hall–Kier alpha value is -2.41. The van der Waals surface area contributed by atoms with Gasteiger partial charge in [0.15, 0.2) is 0 Å². The average Bonchev–Trinajstić information content (AvgIpc) is 3.15. The van der Waals surface area contributed by atoms with E-state index in [1.807, 2.05) is 0 Å². The van der Waals surface area contributed by atoms with Crippen molar-refractivity contribution in [2.75, 3.05) is 25.2 Å². The summed E-state index contributed by atoms with van der Waals surface area (Å²) in [5, 5.41) is 0. The van der Waals surface area contributed by atoms with E-state index in [0.29, 0.717) is 24.6 Å². The van der Waals surface area contributed by atoms with Gasteiger partial charge < -0.3 is 14.4 Å². The Balaban J connectivity index is 1.61. The summed E-state index contributed by atoms with van der Waals surface area (Å²) in [6, 6.07) is 6.02. The highest BCUT2D eigenvalue weighted by molar-refractivity contribution is 6.23. The van der Waals surface area contributed by atoms with E-state index < -0.39 is 6.04 Å². The van der Waals surface area contributed by atoms with E-state index >= 15 is 0 Å². The Labute approximate surface area is 183 Å². The maximum atomic E-state index is 13.7. The topological polar surface area (TPSA) is 76.2 Å². The van der Waals surface area contributed by atoms with E-state index in [-0.39, 0.29) is 47.0 Å². The van der Waals surface area contributed by atoms with Crippen LogP contribution in [0.5, 0.6) is 5.75 Å². The van der Waals surface area contributed by atoms with Gasteiger partial charge in [0.1, 0.15) is 11.8 Å². The van der Waals surface area contributed by atoms with Gasteiger partial charge >= 0.3 is 0 Å². The van der Waals surface area contributed by atoms with Gasteiger partial charge in [0.2, 0.25) is 11.8 Å². The first-order chi connectivity index (χ1) is 14.6. The van der Waals surface area contributed by atoms with Crippen LogP contribution in [0.1, 0.15) is 47.0 Å². The second-order valence-corrected chi connectivity index (χ2v) is 9.99. The lowest BCUT2D eigenvalue weighted by Crippen LogP contribution is -2.49. The standard InChI is InChI=1S/C24H32N2O5/c1-23(2)20(24(23,3)4)22(29)25(14-17-7-6-12-31-17)18-13-19(27)26(21(18)28)15-8-10-16(30-5)11-9-15/h8-11,17-18,20H,6-7,12-14H2,1-5H3. The number of carbonyl (C=O) groups excluding carboxylic acids is 3. The minimum Gasteiger partial charge on any atom is -0.497 e. The fourth-order valence-corrected chi connectivity index (χ4v) is 5.22. The van der Waals surface area contributed by atoms with Crippen molar-refractivity contribution in [3.05, 3.63) is 24.3 Å². The van der Waals surface area contributed by atoms with Crippen LogP contribution in [0.3, 0.4) is 0 Å². The molecule has 0 spiro atoms. The summed E-state index contributed by atoms with van der Waals surface area (Å²) in [5.41, 5.74) is 0.190. The van der Waals surface area contributed by atoms with E-state index in [1.165, 1.54) is 4.90 Å². The second-order valence-electron chi connectivity index (χ2n) is 9.99. The predicted molar refractivity (Wildman–Crippen MR) is 116 cm³/mol. The quantitative estimate of drug-likeness (QED) is 0.651.